The van der Waals surface area contributed by atoms with Crippen molar-refractivity contribution in [3.8, 4) is 0 Å². The lowest BCUT2D eigenvalue weighted by Crippen LogP contribution is -2.25. The summed E-state index contributed by atoms with van der Waals surface area (Å²) in [6, 6.07) is 53.4. The zero-order chi connectivity index (χ0) is 25.8. The Labute approximate surface area is 224 Å². The Morgan fingerprint density at radius 1 is 0.447 bits per heavy atom. The monoisotopic (exact) mass is 506 g/mol. The van der Waals surface area contributed by atoms with Crippen molar-refractivity contribution >= 4 is 45.5 Å². The lowest BCUT2D eigenvalue weighted by Gasteiger charge is -2.21. The minimum absolute atomic E-state index is 0.831. The highest BCUT2D eigenvalue weighted by molar-refractivity contribution is 7.85. The van der Waals surface area contributed by atoms with Crippen LogP contribution in [0, 0.1) is 0 Å². The maximum absolute atomic E-state index is 15.0. The third-order valence-corrected chi connectivity index (χ3v) is 10.0. The predicted octanol–water partition coefficient (Wildman–Crippen LogP) is 8.07. The maximum Gasteiger partial charge on any atom is 0.171 e. The molecule has 6 aromatic carbocycles. The Hall–Kier alpha value is -4.45. The standard InChI is InChI=1S/C36H27OP/c37-38(33-18-8-3-9-19-33,35-25-22-29-12-10-11-17-32(29)27-35)34-23-20-28(21-24-34)26-36(30-13-4-1-5-14-30)31-15-6-2-7-16-31/h1-27H. The summed E-state index contributed by atoms with van der Waals surface area (Å²) < 4.78 is 15.0. The molecule has 6 rings (SSSR count). The molecule has 0 radical (unpaired) electrons. The van der Waals surface area contributed by atoms with Crippen LogP contribution in [0.5, 0.6) is 0 Å². The van der Waals surface area contributed by atoms with Crippen LogP contribution >= 0.6 is 7.14 Å². The molecule has 0 amide bonds. The lowest BCUT2D eigenvalue weighted by atomic mass is 9.96. The van der Waals surface area contributed by atoms with Crippen LogP contribution in [0.4, 0.5) is 0 Å². The molecule has 0 aromatic heterocycles. The van der Waals surface area contributed by atoms with Crippen molar-refractivity contribution < 1.29 is 4.57 Å². The van der Waals surface area contributed by atoms with E-state index in [1.807, 2.05) is 72.8 Å². The van der Waals surface area contributed by atoms with Crippen LogP contribution < -0.4 is 15.9 Å². The van der Waals surface area contributed by atoms with Gasteiger partial charge in [-0.05, 0) is 45.2 Å². The molecule has 1 nitrogen and oxygen atoms in total. The number of rotatable bonds is 6. The van der Waals surface area contributed by atoms with Gasteiger partial charge in [-0.25, -0.2) is 0 Å². The minimum atomic E-state index is -3.07. The SMILES string of the molecule is O=P(c1ccccc1)(c1ccc(C=C(c2ccccc2)c2ccccc2)cc1)c1ccc2ccccc2c1. The van der Waals surface area contributed by atoms with Crippen LogP contribution in [-0.2, 0) is 4.57 Å². The zero-order valence-corrected chi connectivity index (χ0v) is 21.8. The lowest BCUT2D eigenvalue weighted by molar-refractivity contribution is 0.592. The number of hydrogen-bond donors (Lipinski definition) is 0. The molecule has 0 aliphatic heterocycles. The summed E-state index contributed by atoms with van der Waals surface area (Å²) in [6.07, 6.45) is 2.21. The molecular formula is C36H27OP. The van der Waals surface area contributed by atoms with Gasteiger partial charge in [0, 0.05) is 15.9 Å². The third-order valence-electron chi connectivity index (χ3n) is 6.95. The first-order valence-electron chi connectivity index (χ1n) is 12.8. The first-order chi connectivity index (χ1) is 18.7. The van der Waals surface area contributed by atoms with Crippen molar-refractivity contribution in [2.24, 2.45) is 0 Å². The van der Waals surface area contributed by atoms with Gasteiger partial charge in [0.2, 0.25) is 0 Å². The highest BCUT2D eigenvalue weighted by Crippen LogP contribution is 2.43. The van der Waals surface area contributed by atoms with E-state index in [9.17, 15) is 0 Å². The highest BCUT2D eigenvalue weighted by atomic mass is 31.2. The van der Waals surface area contributed by atoms with E-state index < -0.39 is 7.14 Å². The molecule has 182 valence electrons. The molecule has 0 aliphatic carbocycles. The second-order valence-corrected chi connectivity index (χ2v) is 12.1. The Morgan fingerprint density at radius 2 is 0.921 bits per heavy atom. The van der Waals surface area contributed by atoms with Gasteiger partial charge < -0.3 is 4.57 Å². The van der Waals surface area contributed by atoms with Gasteiger partial charge >= 0.3 is 0 Å². The first kappa shape index (κ1) is 23.9. The van der Waals surface area contributed by atoms with Crippen molar-refractivity contribution in [1.29, 1.82) is 0 Å². The van der Waals surface area contributed by atoms with Crippen LogP contribution in [-0.4, -0.2) is 0 Å². The van der Waals surface area contributed by atoms with Gasteiger partial charge in [-0.2, -0.15) is 0 Å². The molecule has 0 saturated carbocycles. The Kier molecular flexibility index (Phi) is 6.61. The van der Waals surface area contributed by atoms with Crippen molar-refractivity contribution in [3.63, 3.8) is 0 Å². The van der Waals surface area contributed by atoms with Gasteiger partial charge in [0.25, 0.3) is 0 Å². The molecular weight excluding hydrogens is 479 g/mol. The van der Waals surface area contributed by atoms with E-state index >= 15 is 4.57 Å². The fourth-order valence-electron chi connectivity index (χ4n) is 4.97. The normalized spacial score (nSPS) is 12.5. The molecule has 0 N–H and O–H groups in total. The Balaban J connectivity index is 1.46. The van der Waals surface area contributed by atoms with Crippen LogP contribution in [0.2, 0.25) is 0 Å². The number of benzene rings is 6. The summed E-state index contributed by atoms with van der Waals surface area (Å²) in [5, 5.41) is 4.76. The van der Waals surface area contributed by atoms with Crippen molar-refractivity contribution in [3.05, 3.63) is 174 Å². The highest BCUT2D eigenvalue weighted by Gasteiger charge is 2.29. The fourth-order valence-corrected chi connectivity index (χ4v) is 7.63. The van der Waals surface area contributed by atoms with E-state index in [0.717, 1.165) is 48.9 Å². The molecule has 0 aliphatic rings. The van der Waals surface area contributed by atoms with Crippen LogP contribution in [0.25, 0.3) is 22.4 Å². The van der Waals surface area contributed by atoms with Gasteiger partial charge in [-0.1, -0.05) is 152 Å². The number of hydrogen-bond acceptors (Lipinski definition) is 1. The second kappa shape index (κ2) is 10.5. The minimum Gasteiger partial charge on any atom is -0.309 e. The van der Waals surface area contributed by atoms with Gasteiger partial charge in [-0.3, -0.25) is 0 Å². The predicted molar refractivity (Wildman–Crippen MR) is 163 cm³/mol. The van der Waals surface area contributed by atoms with Crippen LogP contribution in [0.1, 0.15) is 16.7 Å². The molecule has 1 unspecified atom stereocenters. The zero-order valence-electron chi connectivity index (χ0n) is 20.9. The van der Waals surface area contributed by atoms with E-state index in [4.69, 9.17) is 0 Å². The van der Waals surface area contributed by atoms with Crippen molar-refractivity contribution in [1.82, 2.24) is 0 Å². The van der Waals surface area contributed by atoms with Crippen molar-refractivity contribution in [2.75, 3.05) is 0 Å². The summed E-state index contributed by atoms with van der Waals surface area (Å²) in [6.45, 7) is 0. The number of fused-ring (bicyclic) bond motifs is 1. The van der Waals surface area contributed by atoms with E-state index in [1.165, 1.54) is 0 Å². The average molecular weight is 507 g/mol. The average Bonchev–Trinajstić information content (AvgIpc) is 3.01. The van der Waals surface area contributed by atoms with Crippen LogP contribution in [0.3, 0.4) is 0 Å². The Morgan fingerprint density at radius 3 is 1.53 bits per heavy atom. The molecule has 0 fully saturated rings. The third kappa shape index (κ3) is 4.65. The van der Waals surface area contributed by atoms with Crippen LogP contribution in [0.15, 0.2) is 158 Å². The first-order valence-corrected chi connectivity index (χ1v) is 14.5. The molecule has 38 heavy (non-hydrogen) atoms. The molecule has 0 heterocycles. The smallest absolute Gasteiger partial charge is 0.171 e. The van der Waals surface area contributed by atoms with Gasteiger partial charge in [0.1, 0.15) is 0 Å². The van der Waals surface area contributed by atoms with E-state index in [2.05, 4.69) is 91.0 Å². The summed E-state index contributed by atoms with van der Waals surface area (Å²) in [5.74, 6) is 0. The topological polar surface area (TPSA) is 17.1 Å². The van der Waals surface area contributed by atoms with E-state index in [0.29, 0.717) is 0 Å². The van der Waals surface area contributed by atoms with Gasteiger partial charge in [-0.15, -0.1) is 0 Å². The van der Waals surface area contributed by atoms with E-state index in [1.54, 1.807) is 0 Å². The van der Waals surface area contributed by atoms with E-state index in [-0.39, 0.29) is 0 Å². The Bertz CT molecular complexity index is 1710. The van der Waals surface area contributed by atoms with Gasteiger partial charge in [0.15, 0.2) is 7.14 Å². The maximum atomic E-state index is 15.0. The summed E-state index contributed by atoms with van der Waals surface area (Å²) in [5.41, 5.74) is 4.54. The summed E-state index contributed by atoms with van der Waals surface area (Å²) >= 11 is 0. The molecule has 2 heteroatoms. The molecule has 1 atom stereocenters. The molecule has 6 aromatic rings. The molecule has 0 spiro atoms. The van der Waals surface area contributed by atoms with Gasteiger partial charge in [0.05, 0.1) is 0 Å². The quantitative estimate of drug-likeness (QED) is 0.165. The second-order valence-electron chi connectivity index (χ2n) is 9.36. The summed E-state index contributed by atoms with van der Waals surface area (Å²) in [7, 11) is -3.07. The largest absolute Gasteiger partial charge is 0.309 e. The molecule has 0 bridgehead atoms. The van der Waals surface area contributed by atoms with Crippen molar-refractivity contribution in [2.45, 2.75) is 0 Å². The fraction of sp³-hybridized carbons (Fsp3) is 0. The molecule has 0 saturated heterocycles. The summed E-state index contributed by atoms with van der Waals surface area (Å²) in [4.78, 5) is 0.